The van der Waals surface area contributed by atoms with Crippen molar-refractivity contribution in [2.75, 3.05) is 18.4 Å². The van der Waals surface area contributed by atoms with Gasteiger partial charge in [0.05, 0.1) is 4.90 Å². The quantitative estimate of drug-likeness (QED) is 0.535. The van der Waals surface area contributed by atoms with Crippen molar-refractivity contribution in [2.45, 2.75) is 31.6 Å². The average molecular weight is 491 g/mol. The van der Waals surface area contributed by atoms with E-state index < -0.39 is 10.0 Å². The van der Waals surface area contributed by atoms with Crippen LogP contribution in [0.5, 0.6) is 11.6 Å². The third-order valence-electron chi connectivity index (χ3n) is 6.05. The van der Waals surface area contributed by atoms with E-state index in [1.807, 2.05) is 13.0 Å². The van der Waals surface area contributed by atoms with E-state index in [1.54, 1.807) is 36.5 Å². The summed E-state index contributed by atoms with van der Waals surface area (Å²) in [4.78, 5) is 17.0. The van der Waals surface area contributed by atoms with E-state index in [9.17, 15) is 18.5 Å². The van der Waals surface area contributed by atoms with Crippen molar-refractivity contribution in [3.8, 4) is 17.7 Å². The number of ether oxygens (including phenoxy) is 1. The zero-order chi connectivity index (χ0) is 25.0. The van der Waals surface area contributed by atoms with E-state index in [4.69, 9.17) is 4.74 Å². The summed E-state index contributed by atoms with van der Waals surface area (Å²) in [5.41, 5.74) is 2.01. The summed E-state index contributed by atoms with van der Waals surface area (Å²) >= 11 is 0. The molecule has 0 unspecified atom stereocenters. The lowest BCUT2D eigenvalue weighted by molar-refractivity contribution is 0.102. The predicted molar refractivity (Wildman–Crippen MR) is 132 cm³/mol. The molecule has 3 aromatic rings. The summed E-state index contributed by atoms with van der Waals surface area (Å²) < 4.78 is 33.0. The molecule has 0 aliphatic carbocycles. The van der Waals surface area contributed by atoms with Crippen molar-refractivity contribution in [3.63, 3.8) is 0 Å². The Hall–Kier alpha value is -3.74. The molecule has 8 nitrogen and oxygen atoms in total. The van der Waals surface area contributed by atoms with Crippen molar-refractivity contribution in [2.24, 2.45) is 5.92 Å². The number of amides is 1. The lowest BCUT2D eigenvalue weighted by atomic mass is 10.0. The number of nitrogens with zero attached hydrogens (tertiary/aromatic N) is 3. The number of nitriles is 1. The Morgan fingerprint density at radius 3 is 2.51 bits per heavy atom. The van der Waals surface area contributed by atoms with E-state index in [2.05, 4.69) is 17.2 Å². The van der Waals surface area contributed by atoms with E-state index >= 15 is 0 Å². The fourth-order valence-corrected chi connectivity index (χ4v) is 5.33. The number of aryl methyl sites for hydroxylation is 1. The summed E-state index contributed by atoms with van der Waals surface area (Å²) in [6.07, 6.45) is 3.25. The van der Waals surface area contributed by atoms with Crippen LogP contribution in [0.1, 0.15) is 41.3 Å². The lowest BCUT2D eigenvalue weighted by Crippen LogP contribution is -2.37. The van der Waals surface area contributed by atoms with Gasteiger partial charge in [0.25, 0.3) is 5.91 Å². The summed E-state index contributed by atoms with van der Waals surface area (Å²) in [6.45, 7) is 4.98. The molecule has 180 valence electrons. The second kappa shape index (κ2) is 10.3. The normalized spacial score (nSPS) is 14.8. The second-order valence-electron chi connectivity index (χ2n) is 8.61. The van der Waals surface area contributed by atoms with Crippen LogP contribution in [0.3, 0.4) is 0 Å². The molecule has 2 aromatic carbocycles. The average Bonchev–Trinajstić information content (AvgIpc) is 2.86. The summed E-state index contributed by atoms with van der Waals surface area (Å²) in [5, 5.41) is 12.0. The van der Waals surface area contributed by atoms with Gasteiger partial charge in [-0.1, -0.05) is 6.92 Å². The van der Waals surface area contributed by atoms with E-state index in [0.717, 1.165) is 18.4 Å². The van der Waals surface area contributed by atoms with Crippen LogP contribution in [0, 0.1) is 24.2 Å². The molecule has 9 heteroatoms. The van der Waals surface area contributed by atoms with Crippen molar-refractivity contribution < 1.29 is 17.9 Å². The Bertz CT molecular complexity index is 1370. The van der Waals surface area contributed by atoms with Gasteiger partial charge in [-0.3, -0.25) is 4.79 Å². The van der Waals surface area contributed by atoms with Crippen molar-refractivity contribution in [3.05, 3.63) is 77.5 Å². The van der Waals surface area contributed by atoms with Crippen LogP contribution in [0.2, 0.25) is 0 Å². The molecule has 1 fully saturated rings. The van der Waals surface area contributed by atoms with Gasteiger partial charge in [-0.05, 0) is 85.8 Å². The number of pyridine rings is 1. The molecule has 0 spiro atoms. The Balaban J connectivity index is 1.44. The number of benzene rings is 2. The standard InChI is InChI=1S/C26H26N4O4S/c1-18-11-14-30(15-12-18)35(32,33)23-8-5-20(6-9-23)25(31)29-24-10-7-22(16-19(24)2)34-26-21(17-27)4-3-13-28-26/h3-10,13,16,18H,11-12,14-15H2,1-2H3,(H,29,31). The minimum absolute atomic E-state index is 0.188. The van der Waals surface area contributed by atoms with Crippen LogP contribution in [0.25, 0.3) is 0 Å². The number of rotatable bonds is 6. The topological polar surface area (TPSA) is 112 Å². The molecule has 2 heterocycles. The van der Waals surface area contributed by atoms with Crippen LogP contribution in [-0.2, 0) is 10.0 Å². The lowest BCUT2D eigenvalue weighted by Gasteiger charge is -2.29. The molecule has 1 aliphatic rings. The van der Waals surface area contributed by atoms with Gasteiger partial charge in [0.2, 0.25) is 15.9 Å². The largest absolute Gasteiger partial charge is 0.438 e. The first-order valence-electron chi connectivity index (χ1n) is 11.3. The highest BCUT2D eigenvalue weighted by Crippen LogP contribution is 2.27. The van der Waals surface area contributed by atoms with Gasteiger partial charge >= 0.3 is 0 Å². The molecular weight excluding hydrogens is 464 g/mol. The number of nitrogens with one attached hydrogen (secondary N) is 1. The first-order chi connectivity index (χ1) is 16.8. The summed E-state index contributed by atoms with van der Waals surface area (Å²) in [5.74, 6) is 0.869. The zero-order valence-corrected chi connectivity index (χ0v) is 20.4. The fraction of sp³-hybridized carbons (Fsp3) is 0.269. The molecule has 1 saturated heterocycles. The van der Waals surface area contributed by atoms with Crippen LogP contribution < -0.4 is 10.1 Å². The number of piperidine rings is 1. The van der Waals surface area contributed by atoms with Crippen molar-refractivity contribution in [1.82, 2.24) is 9.29 Å². The Labute approximate surface area is 205 Å². The third kappa shape index (κ3) is 5.50. The Morgan fingerprint density at radius 2 is 1.86 bits per heavy atom. The van der Waals surface area contributed by atoms with Gasteiger partial charge in [0, 0.05) is 30.5 Å². The smallest absolute Gasteiger partial charge is 0.255 e. The van der Waals surface area contributed by atoms with Gasteiger partial charge in [0.1, 0.15) is 17.4 Å². The minimum atomic E-state index is -3.57. The first kappa shape index (κ1) is 24.4. The molecule has 0 bridgehead atoms. The molecule has 0 radical (unpaired) electrons. The second-order valence-corrected chi connectivity index (χ2v) is 10.5. The highest BCUT2D eigenvalue weighted by molar-refractivity contribution is 7.89. The number of aromatic nitrogens is 1. The monoisotopic (exact) mass is 490 g/mol. The number of anilines is 1. The SMILES string of the molecule is Cc1cc(Oc2ncccc2C#N)ccc1NC(=O)c1ccc(S(=O)(=O)N2CCC(C)CC2)cc1. The molecule has 1 amide bonds. The molecule has 1 N–H and O–H groups in total. The van der Waals surface area contributed by atoms with Gasteiger partial charge in [0.15, 0.2) is 0 Å². The minimum Gasteiger partial charge on any atom is -0.438 e. The van der Waals surface area contributed by atoms with E-state index in [0.29, 0.717) is 41.6 Å². The maximum Gasteiger partial charge on any atom is 0.255 e. The molecule has 1 aliphatic heterocycles. The van der Waals surface area contributed by atoms with Crippen molar-refractivity contribution >= 4 is 21.6 Å². The maximum atomic E-state index is 12.9. The molecule has 0 atom stereocenters. The van der Waals surface area contributed by atoms with Gasteiger partial charge < -0.3 is 10.1 Å². The van der Waals surface area contributed by atoms with Gasteiger partial charge in [-0.25, -0.2) is 13.4 Å². The molecule has 4 rings (SSSR count). The van der Waals surface area contributed by atoms with Crippen LogP contribution in [0.15, 0.2) is 65.7 Å². The van der Waals surface area contributed by atoms with Gasteiger partial charge in [-0.2, -0.15) is 9.57 Å². The van der Waals surface area contributed by atoms with Crippen LogP contribution >= 0.6 is 0 Å². The molecule has 35 heavy (non-hydrogen) atoms. The molecule has 1 aromatic heterocycles. The van der Waals surface area contributed by atoms with Crippen LogP contribution in [-0.4, -0.2) is 36.7 Å². The summed E-state index contributed by atoms with van der Waals surface area (Å²) in [7, 11) is -3.57. The highest BCUT2D eigenvalue weighted by atomic mass is 32.2. The molecule has 0 saturated carbocycles. The maximum absolute atomic E-state index is 12.9. The number of carbonyl (C=O) groups is 1. The number of hydrogen-bond acceptors (Lipinski definition) is 6. The van der Waals surface area contributed by atoms with Crippen molar-refractivity contribution in [1.29, 1.82) is 5.26 Å². The zero-order valence-electron chi connectivity index (χ0n) is 19.6. The number of sulfonamides is 1. The van der Waals surface area contributed by atoms with E-state index in [1.165, 1.54) is 28.6 Å². The fourth-order valence-electron chi connectivity index (χ4n) is 3.86. The number of carbonyl (C=O) groups excluding carboxylic acids is 1. The Kier molecular flexibility index (Phi) is 7.15. The molecular formula is C26H26N4O4S. The first-order valence-corrected chi connectivity index (χ1v) is 12.8. The predicted octanol–water partition coefficient (Wildman–Crippen LogP) is 4.73. The third-order valence-corrected chi connectivity index (χ3v) is 7.96. The van der Waals surface area contributed by atoms with Gasteiger partial charge in [-0.15, -0.1) is 0 Å². The number of hydrogen-bond donors (Lipinski definition) is 1. The van der Waals surface area contributed by atoms with Crippen LogP contribution in [0.4, 0.5) is 5.69 Å². The highest BCUT2D eigenvalue weighted by Gasteiger charge is 2.28. The summed E-state index contributed by atoms with van der Waals surface area (Å²) in [6, 6.07) is 16.4. The Morgan fingerprint density at radius 1 is 1.14 bits per heavy atom. The van der Waals surface area contributed by atoms with E-state index in [-0.39, 0.29) is 16.7 Å².